The lowest BCUT2D eigenvalue weighted by Crippen LogP contribution is -2.56. The topological polar surface area (TPSA) is 27.7 Å². The minimum Gasteiger partial charge on any atom is -0.457 e. The zero-order valence-corrected chi connectivity index (χ0v) is 20.1. The minimum atomic E-state index is -0.193. The van der Waals surface area contributed by atoms with Gasteiger partial charge in [-0.15, -0.1) is 0 Å². The van der Waals surface area contributed by atoms with E-state index in [1.807, 2.05) is 42.5 Å². The number of halogens is 2. The second-order valence-corrected chi connectivity index (χ2v) is 10.2. The summed E-state index contributed by atoms with van der Waals surface area (Å²) >= 11 is 7.57. The molecule has 0 aliphatic carbocycles. The quantitative estimate of drug-likeness (QED) is 0.409. The van der Waals surface area contributed by atoms with Crippen LogP contribution in [-0.4, -0.2) is 29.6 Å². The van der Waals surface area contributed by atoms with Crippen LogP contribution in [-0.2, 0) is 6.54 Å². The monoisotopic (exact) mass is 483 g/mol. The van der Waals surface area contributed by atoms with Crippen LogP contribution in [0.5, 0.6) is 11.5 Å². The average Bonchev–Trinajstić information content (AvgIpc) is 3.20. The van der Waals surface area contributed by atoms with Gasteiger partial charge in [0.05, 0.1) is 11.2 Å². The van der Waals surface area contributed by atoms with Crippen molar-refractivity contribution >= 4 is 29.4 Å². The van der Waals surface area contributed by atoms with Crippen molar-refractivity contribution in [1.29, 1.82) is 0 Å². The predicted molar refractivity (Wildman–Crippen MR) is 134 cm³/mol. The Bertz CT molecular complexity index is 1110. The van der Waals surface area contributed by atoms with Gasteiger partial charge in [-0.1, -0.05) is 29.8 Å². The maximum atomic E-state index is 13.9. The fraction of sp³-hybridized carbons (Fsp3) is 0.308. The van der Waals surface area contributed by atoms with Gasteiger partial charge in [-0.25, -0.2) is 9.11 Å². The average molecular weight is 484 g/mol. The molecule has 1 spiro atoms. The normalized spacial score (nSPS) is 23.2. The lowest BCUT2D eigenvalue weighted by molar-refractivity contribution is 0.106. The first kappa shape index (κ1) is 22.5. The molecule has 4 nitrogen and oxygen atoms in total. The first-order valence-corrected chi connectivity index (χ1v) is 12.4. The van der Waals surface area contributed by atoms with Crippen LogP contribution >= 0.6 is 23.7 Å². The van der Waals surface area contributed by atoms with Gasteiger partial charge in [-0.3, -0.25) is 9.21 Å². The highest BCUT2D eigenvalue weighted by Crippen LogP contribution is 2.43. The van der Waals surface area contributed by atoms with Crippen LogP contribution in [0.2, 0.25) is 5.02 Å². The summed E-state index contributed by atoms with van der Waals surface area (Å²) in [7, 11) is 0. The molecule has 0 aromatic heterocycles. The van der Waals surface area contributed by atoms with Crippen LogP contribution in [0, 0.1) is 5.82 Å². The van der Waals surface area contributed by atoms with Crippen molar-refractivity contribution in [3.05, 3.63) is 89.2 Å². The lowest BCUT2D eigenvalue weighted by Gasteiger charge is -2.47. The second-order valence-electron chi connectivity index (χ2n) is 8.89. The van der Waals surface area contributed by atoms with Crippen molar-refractivity contribution in [2.45, 2.75) is 37.9 Å². The molecule has 0 unspecified atom stereocenters. The van der Waals surface area contributed by atoms with Crippen molar-refractivity contribution in [2.24, 2.45) is 0 Å². The number of likely N-dealkylation sites (tertiary alicyclic amines) is 1. The van der Waals surface area contributed by atoms with Gasteiger partial charge in [-0.05, 0) is 79.9 Å². The molecule has 1 N–H and O–H groups in total. The van der Waals surface area contributed by atoms with Crippen molar-refractivity contribution in [2.75, 3.05) is 17.4 Å². The summed E-state index contributed by atoms with van der Waals surface area (Å²) in [5, 5.41) is 0.694. The largest absolute Gasteiger partial charge is 0.457 e. The summed E-state index contributed by atoms with van der Waals surface area (Å²) in [5.74, 6) is 1.40. The highest BCUT2D eigenvalue weighted by atomic mass is 35.5. The molecule has 2 aliphatic heterocycles. The molecule has 2 heterocycles. The van der Waals surface area contributed by atoms with E-state index < -0.39 is 0 Å². The van der Waals surface area contributed by atoms with Crippen LogP contribution in [0.25, 0.3) is 0 Å². The zero-order chi connectivity index (χ0) is 22.8. The van der Waals surface area contributed by atoms with Gasteiger partial charge in [0, 0.05) is 42.8 Å². The molecular weight excluding hydrogens is 457 g/mol. The standard InChI is InChI=1S/C26H27ClFN3OS/c1-19-16-26(18-29-33-31(26)23-6-3-5-22(28)15-23)12-13-30(19)17-20-4-2-7-25(14-20)32-24-10-8-21(27)9-11-24/h2-11,14-15,19,29H,12-13,16-18H2,1H3/t19-,26+/m0/s1. The SMILES string of the molecule is C[C@H]1C[C@]2(CCN1Cc1cccc(Oc3ccc(Cl)cc3)c1)CNSN2c1cccc(F)c1. The van der Waals surface area contributed by atoms with Crippen molar-refractivity contribution in [3.63, 3.8) is 0 Å². The number of nitrogens with zero attached hydrogens (tertiary/aromatic N) is 2. The van der Waals surface area contributed by atoms with Gasteiger partial charge in [0.1, 0.15) is 17.3 Å². The smallest absolute Gasteiger partial charge is 0.127 e. The van der Waals surface area contributed by atoms with E-state index in [0.717, 1.165) is 49.7 Å². The Morgan fingerprint density at radius 1 is 1.09 bits per heavy atom. The maximum absolute atomic E-state index is 13.9. The van der Waals surface area contributed by atoms with E-state index >= 15 is 0 Å². The third kappa shape index (κ3) is 4.99. The highest BCUT2D eigenvalue weighted by Gasteiger charge is 2.46. The number of anilines is 1. The molecule has 3 aromatic carbocycles. The first-order valence-electron chi connectivity index (χ1n) is 11.2. The molecule has 172 valence electrons. The highest BCUT2D eigenvalue weighted by molar-refractivity contribution is 7.99. The van der Waals surface area contributed by atoms with Crippen LogP contribution in [0.4, 0.5) is 10.1 Å². The molecule has 0 radical (unpaired) electrons. The second kappa shape index (κ2) is 9.55. The third-order valence-corrected chi connectivity index (χ3v) is 7.83. The summed E-state index contributed by atoms with van der Waals surface area (Å²) in [5.41, 5.74) is 2.15. The number of rotatable bonds is 5. The molecule has 0 saturated carbocycles. The van der Waals surface area contributed by atoms with E-state index in [-0.39, 0.29) is 11.4 Å². The molecule has 2 saturated heterocycles. The molecule has 0 bridgehead atoms. The Morgan fingerprint density at radius 2 is 1.91 bits per heavy atom. The molecule has 33 heavy (non-hydrogen) atoms. The number of piperidine rings is 1. The Balaban J connectivity index is 1.26. The number of ether oxygens (including phenoxy) is 1. The lowest BCUT2D eigenvalue weighted by atomic mass is 9.83. The van der Waals surface area contributed by atoms with Gasteiger partial charge in [0.2, 0.25) is 0 Å². The van der Waals surface area contributed by atoms with E-state index in [0.29, 0.717) is 11.1 Å². The fourth-order valence-corrected chi connectivity index (χ4v) is 6.07. The Hall–Kier alpha value is -2.25. The predicted octanol–water partition coefficient (Wildman–Crippen LogP) is 6.67. The van der Waals surface area contributed by atoms with Crippen molar-refractivity contribution in [3.8, 4) is 11.5 Å². The molecule has 3 aromatic rings. The molecule has 2 fully saturated rings. The minimum absolute atomic E-state index is 0.00603. The summed E-state index contributed by atoms with van der Waals surface area (Å²) < 4.78 is 25.6. The molecule has 5 rings (SSSR count). The Labute approximate surface area is 203 Å². The molecule has 2 atom stereocenters. The van der Waals surface area contributed by atoms with Gasteiger partial charge in [0.15, 0.2) is 0 Å². The van der Waals surface area contributed by atoms with E-state index in [1.54, 1.807) is 24.3 Å². The van der Waals surface area contributed by atoms with Gasteiger partial charge in [0.25, 0.3) is 0 Å². The number of nitrogens with one attached hydrogen (secondary N) is 1. The number of hydrogen-bond donors (Lipinski definition) is 1. The van der Waals surface area contributed by atoms with Crippen LogP contribution in [0.3, 0.4) is 0 Å². The van der Waals surface area contributed by atoms with E-state index in [9.17, 15) is 4.39 Å². The van der Waals surface area contributed by atoms with Crippen molar-refractivity contribution < 1.29 is 9.13 Å². The first-order chi connectivity index (χ1) is 16.0. The van der Waals surface area contributed by atoms with Crippen LogP contribution in [0.15, 0.2) is 72.8 Å². The van der Waals surface area contributed by atoms with E-state index in [2.05, 4.69) is 33.0 Å². The van der Waals surface area contributed by atoms with E-state index in [4.69, 9.17) is 16.3 Å². The van der Waals surface area contributed by atoms with Crippen LogP contribution < -0.4 is 13.8 Å². The van der Waals surface area contributed by atoms with Crippen molar-refractivity contribution in [1.82, 2.24) is 9.62 Å². The summed E-state index contributed by atoms with van der Waals surface area (Å²) in [6, 6.07) is 23.0. The summed E-state index contributed by atoms with van der Waals surface area (Å²) in [6.07, 6.45) is 2.04. The molecule has 2 aliphatic rings. The maximum Gasteiger partial charge on any atom is 0.127 e. The van der Waals surface area contributed by atoms with Gasteiger partial charge in [-0.2, -0.15) is 0 Å². The Kier molecular flexibility index (Phi) is 6.52. The van der Waals surface area contributed by atoms with Gasteiger partial charge < -0.3 is 4.74 Å². The van der Waals surface area contributed by atoms with E-state index in [1.165, 1.54) is 11.6 Å². The fourth-order valence-electron chi connectivity index (χ4n) is 4.84. The zero-order valence-electron chi connectivity index (χ0n) is 18.5. The van der Waals surface area contributed by atoms with Crippen LogP contribution in [0.1, 0.15) is 25.3 Å². The molecule has 7 heteroatoms. The summed E-state index contributed by atoms with van der Waals surface area (Å²) in [4.78, 5) is 2.53. The van der Waals surface area contributed by atoms with Gasteiger partial charge >= 0.3 is 0 Å². The third-order valence-electron chi connectivity index (χ3n) is 6.53. The summed E-state index contributed by atoms with van der Waals surface area (Å²) in [6.45, 7) is 5.05. The number of hydrogen-bond acceptors (Lipinski definition) is 5. The molecular formula is C26H27ClFN3OS. The Morgan fingerprint density at radius 3 is 2.70 bits per heavy atom. The molecule has 0 amide bonds. The number of benzene rings is 3.